The van der Waals surface area contributed by atoms with Crippen LogP contribution in [0.3, 0.4) is 0 Å². The van der Waals surface area contributed by atoms with Crippen LogP contribution in [-0.4, -0.2) is 45.9 Å². The molecule has 1 N–H and O–H groups in total. The summed E-state index contributed by atoms with van der Waals surface area (Å²) >= 11 is 3.55. The molecule has 0 bridgehead atoms. The van der Waals surface area contributed by atoms with E-state index in [2.05, 4.69) is 38.1 Å². The lowest BCUT2D eigenvalue weighted by molar-refractivity contribution is -0.118. The van der Waals surface area contributed by atoms with E-state index in [0.29, 0.717) is 29.5 Å². The number of methoxy groups -OCH3 is 1. The number of carbonyl (C=O) groups is 2. The molecule has 0 aliphatic rings. The third-order valence-electron chi connectivity index (χ3n) is 4.25. The number of ether oxygens (including phenoxy) is 1. The molecule has 9 heteroatoms. The highest BCUT2D eigenvalue weighted by Crippen LogP contribution is 2.25. The summed E-state index contributed by atoms with van der Waals surface area (Å²) in [5, 5.41) is 12.0. The zero-order valence-corrected chi connectivity index (χ0v) is 19.6. The number of nitrogens with one attached hydrogen (secondary N) is 1. The summed E-state index contributed by atoms with van der Waals surface area (Å²) in [7, 11) is 1.62. The van der Waals surface area contributed by atoms with Crippen LogP contribution in [0.25, 0.3) is 5.69 Å². The van der Waals surface area contributed by atoms with Crippen molar-refractivity contribution in [2.75, 3.05) is 19.4 Å². The molecule has 30 heavy (non-hydrogen) atoms. The monoisotopic (exact) mass is 536 g/mol. The van der Waals surface area contributed by atoms with Crippen LogP contribution < -0.4 is 10.1 Å². The molecule has 0 unspecified atom stereocenters. The standard InChI is InChI=1S/C21H21IN4O3S/c1-14(27)23-12-11-20-24-25-21(26(20)17-7-9-18(29-2)10-8-17)30-13-19(28)15-3-5-16(22)6-4-15/h3-10H,11-13H2,1-2H3,(H,23,27). The Morgan fingerprint density at radius 3 is 2.43 bits per heavy atom. The summed E-state index contributed by atoms with van der Waals surface area (Å²) < 4.78 is 8.23. The number of ketones is 1. The quantitative estimate of drug-likeness (QED) is 0.256. The topological polar surface area (TPSA) is 86.1 Å². The van der Waals surface area contributed by atoms with Crippen molar-refractivity contribution in [3.63, 3.8) is 0 Å². The Balaban J connectivity index is 1.81. The van der Waals surface area contributed by atoms with Gasteiger partial charge < -0.3 is 10.1 Å². The van der Waals surface area contributed by atoms with Crippen molar-refractivity contribution in [2.45, 2.75) is 18.5 Å². The molecule has 2 aromatic carbocycles. The molecule has 7 nitrogen and oxygen atoms in total. The van der Waals surface area contributed by atoms with Gasteiger partial charge in [-0.2, -0.15) is 0 Å². The number of rotatable bonds is 9. The minimum absolute atomic E-state index is 0.0282. The third kappa shape index (κ3) is 5.82. The minimum Gasteiger partial charge on any atom is -0.497 e. The van der Waals surface area contributed by atoms with Crippen LogP contribution in [0.4, 0.5) is 0 Å². The van der Waals surface area contributed by atoms with Gasteiger partial charge >= 0.3 is 0 Å². The molecule has 0 saturated carbocycles. The number of nitrogens with zero attached hydrogens (tertiary/aromatic N) is 3. The van der Waals surface area contributed by atoms with E-state index in [0.717, 1.165) is 15.0 Å². The van der Waals surface area contributed by atoms with Crippen LogP contribution in [0.1, 0.15) is 23.1 Å². The van der Waals surface area contributed by atoms with E-state index in [9.17, 15) is 9.59 Å². The smallest absolute Gasteiger partial charge is 0.216 e. The fourth-order valence-corrected chi connectivity index (χ4v) is 3.97. The summed E-state index contributed by atoms with van der Waals surface area (Å²) in [6.07, 6.45) is 0.518. The first-order chi connectivity index (χ1) is 14.5. The Labute approximate surface area is 192 Å². The van der Waals surface area contributed by atoms with Crippen LogP contribution in [0.15, 0.2) is 53.7 Å². The molecule has 0 aliphatic carbocycles. The Hall–Kier alpha value is -2.40. The molecule has 0 spiro atoms. The number of Topliss-reactive ketones (excluding diaryl/α,β-unsaturated/α-hetero) is 1. The zero-order chi connectivity index (χ0) is 21.5. The molecule has 3 aromatic rings. The van der Waals surface area contributed by atoms with Crippen LogP contribution >= 0.6 is 34.4 Å². The molecule has 3 rings (SSSR count). The number of thioether (sulfide) groups is 1. The summed E-state index contributed by atoms with van der Waals surface area (Å²) in [6.45, 7) is 1.93. The number of hydrogen-bond donors (Lipinski definition) is 1. The van der Waals surface area contributed by atoms with Gasteiger partial charge in [0.25, 0.3) is 0 Å². The van der Waals surface area contributed by atoms with E-state index in [-0.39, 0.29) is 17.4 Å². The second-order valence-electron chi connectivity index (χ2n) is 6.38. The lowest BCUT2D eigenvalue weighted by Crippen LogP contribution is -2.23. The van der Waals surface area contributed by atoms with Gasteiger partial charge in [-0.05, 0) is 59.0 Å². The van der Waals surface area contributed by atoms with Crippen molar-refractivity contribution in [3.8, 4) is 11.4 Å². The number of benzene rings is 2. The summed E-state index contributed by atoms with van der Waals surface area (Å²) in [6, 6.07) is 15.0. The van der Waals surface area contributed by atoms with Crippen LogP contribution in [0.2, 0.25) is 0 Å². The van der Waals surface area contributed by atoms with E-state index < -0.39 is 0 Å². The normalized spacial score (nSPS) is 10.6. The maximum Gasteiger partial charge on any atom is 0.216 e. The SMILES string of the molecule is COc1ccc(-n2c(CCNC(C)=O)nnc2SCC(=O)c2ccc(I)cc2)cc1. The first kappa shape index (κ1) is 22.3. The molecule has 1 heterocycles. The van der Waals surface area contributed by atoms with E-state index in [1.165, 1.54) is 18.7 Å². The first-order valence-corrected chi connectivity index (χ1v) is 11.3. The van der Waals surface area contributed by atoms with Crippen molar-refractivity contribution >= 4 is 46.0 Å². The second kappa shape index (κ2) is 10.6. The van der Waals surface area contributed by atoms with E-state index in [1.807, 2.05) is 53.1 Å². The first-order valence-electron chi connectivity index (χ1n) is 9.22. The molecule has 0 atom stereocenters. The molecular weight excluding hydrogens is 515 g/mol. The van der Waals surface area contributed by atoms with Crippen LogP contribution in [-0.2, 0) is 11.2 Å². The van der Waals surface area contributed by atoms with Crippen molar-refractivity contribution in [2.24, 2.45) is 0 Å². The number of halogens is 1. The van der Waals surface area contributed by atoms with Gasteiger partial charge in [0.05, 0.1) is 12.9 Å². The van der Waals surface area contributed by atoms with Crippen molar-refractivity contribution in [1.29, 1.82) is 0 Å². The molecule has 0 saturated heterocycles. The van der Waals surface area contributed by atoms with Crippen LogP contribution in [0.5, 0.6) is 5.75 Å². The largest absolute Gasteiger partial charge is 0.497 e. The Morgan fingerprint density at radius 2 is 1.80 bits per heavy atom. The lowest BCUT2D eigenvalue weighted by Gasteiger charge is -2.11. The molecule has 0 radical (unpaired) electrons. The van der Waals surface area contributed by atoms with E-state index in [4.69, 9.17) is 4.74 Å². The highest BCUT2D eigenvalue weighted by molar-refractivity contribution is 14.1. The lowest BCUT2D eigenvalue weighted by atomic mass is 10.2. The van der Waals surface area contributed by atoms with Gasteiger partial charge in [0.2, 0.25) is 5.91 Å². The number of amides is 1. The second-order valence-corrected chi connectivity index (χ2v) is 8.57. The number of hydrogen-bond acceptors (Lipinski definition) is 6. The highest BCUT2D eigenvalue weighted by atomic mass is 127. The molecule has 0 fully saturated rings. The summed E-state index contributed by atoms with van der Waals surface area (Å²) in [5.41, 5.74) is 1.53. The molecular formula is C21H21IN4O3S. The van der Waals surface area contributed by atoms with Gasteiger partial charge in [-0.3, -0.25) is 14.2 Å². The fourth-order valence-electron chi connectivity index (χ4n) is 2.75. The van der Waals surface area contributed by atoms with Gasteiger partial charge in [0.15, 0.2) is 10.9 Å². The van der Waals surface area contributed by atoms with Gasteiger partial charge in [-0.1, -0.05) is 23.9 Å². The van der Waals surface area contributed by atoms with Crippen molar-refractivity contribution < 1.29 is 14.3 Å². The molecule has 0 aliphatic heterocycles. The average Bonchev–Trinajstić information content (AvgIpc) is 3.15. The van der Waals surface area contributed by atoms with Crippen LogP contribution in [0, 0.1) is 3.57 Å². The summed E-state index contributed by atoms with van der Waals surface area (Å²) in [5.74, 6) is 1.64. The highest BCUT2D eigenvalue weighted by Gasteiger charge is 2.16. The Kier molecular flexibility index (Phi) is 7.86. The Bertz CT molecular complexity index is 1020. The van der Waals surface area contributed by atoms with Gasteiger partial charge in [0, 0.05) is 34.7 Å². The summed E-state index contributed by atoms with van der Waals surface area (Å²) in [4.78, 5) is 23.8. The average molecular weight is 536 g/mol. The third-order valence-corrected chi connectivity index (χ3v) is 5.90. The zero-order valence-electron chi connectivity index (χ0n) is 16.6. The van der Waals surface area contributed by atoms with Gasteiger partial charge in [-0.25, -0.2) is 0 Å². The maximum atomic E-state index is 12.6. The predicted molar refractivity (Wildman–Crippen MR) is 125 cm³/mol. The maximum absolute atomic E-state index is 12.6. The number of aromatic nitrogens is 3. The fraction of sp³-hybridized carbons (Fsp3) is 0.238. The number of carbonyl (C=O) groups excluding carboxylic acids is 2. The predicted octanol–water partition coefficient (Wildman–Crippen LogP) is 3.53. The van der Waals surface area contributed by atoms with Crippen molar-refractivity contribution in [3.05, 3.63) is 63.5 Å². The van der Waals surface area contributed by atoms with E-state index in [1.54, 1.807) is 7.11 Å². The van der Waals surface area contributed by atoms with E-state index >= 15 is 0 Å². The Morgan fingerprint density at radius 1 is 1.10 bits per heavy atom. The van der Waals surface area contributed by atoms with Gasteiger partial charge in [0.1, 0.15) is 11.6 Å². The van der Waals surface area contributed by atoms with Crippen molar-refractivity contribution in [1.82, 2.24) is 20.1 Å². The van der Waals surface area contributed by atoms with Gasteiger partial charge in [-0.15, -0.1) is 10.2 Å². The molecule has 1 amide bonds. The minimum atomic E-state index is -0.0942. The molecule has 1 aromatic heterocycles. The molecule has 156 valence electrons.